The molecule has 3 rings (SSSR count). The number of hydrogen-bond donors (Lipinski definition) is 1. The maximum absolute atomic E-state index is 12.9. The van der Waals surface area contributed by atoms with Gasteiger partial charge in [0.1, 0.15) is 0 Å². The van der Waals surface area contributed by atoms with Crippen LogP contribution in [-0.4, -0.2) is 59.0 Å². The largest absolute Gasteiger partial charge is 0.390 e. The smallest absolute Gasteiger partial charge is 0.228 e. The Kier molecular flexibility index (Phi) is 5.42. The van der Waals surface area contributed by atoms with Gasteiger partial charge in [-0.1, -0.05) is 30.3 Å². The maximum atomic E-state index is 12.9. The summed E-state index contributed by atoms with van der Waals surface area (Å²) in [6, 6.07) is 10.2. The Bertz CT molecular complexity index is 611. The molecule has 2 fully saturated rings. The molecule has 5 heteroatoms. The fraction of sp³-hybridized carbons (Fsp3) is 0.600. The van der Waals surface area contributed by atoms with Crippen molar-refractivity contribution in [2.45, 2.75) is 50.7 Å². The summed E-state index contributed by atoms with van der Waals surface area (Å²) in [6.45, 7) is 2.99. The van der Waals surface area contributed by atoms with Crippen LogP contribution in [0.5, 0.6) is 0 Å². The lowest BCUT2D eigenvalue weighted by Crippen LogP contribution is -2.47. The van der Waals surface area contributed by atoms with Crippen LogP contribution >= 0.6 is 0 Å². The Morgan fingerprint density at radius 3 is 2.32 bits per heavy atom. The second kappa shape index (κ2) is 7.56. The van der Waals surface area contributed by atoms with Gasteiger partial charge in [0.2, 0.25) is 11.8 Å². The molecule has 1 aliphatic heterocycles. The van der Waals surface area contributed by atoms with Gasteiger partial charge in [-0.25, -0.2) is 0 Å². The van der Waals surface area contributed by atoms with Crippen LogP contribution in [0.3, 0.4) is 0 Å². The second-order valence-electron chi connectivity index (χ2n) is 7.38. The molecule has 2 amide bonds. The molecule has 1 saturated carbocycles. The van der Waals surface area contributed by atoms with E-state index in [9.17, 15) is 14.7 Å². The molecule has 1 N–H and O–H groups in total. The number of amides is 2. The van der Waals surface area contributed by atoms with Gasteiger partial charge in [0.15, 0.2) is 0 Å². The van der Waals surface area contributed by atoms with E-state index in [1.54, 1.807) is 11.9 Å². The van der Waals surface area contributed by atoms with Crippen LogP contribution in [0.4, 0.5) is 0 Å². The Balaban J connectivity index is 1.57. The third kappa shape index (κ3) is 3.71. The molecular formula is C20H28N2O3. The summed E-state index contributed by atoms with van der Waals surface area (Å²) in [5.74, 6) is 0.120. The summed E-state index contributed by atoms with van der Waals surface area (Å²) in [5.41, 5.74) is 1.35. The number of likely N-dealkylation sites (N-methyl/N-ethyl adjacent to an activating group) is 1. The standard InChI is InChI=1S/C20H28N2O3/c1-14(23)21(2)18-9-8-17(19(18)24)20(25)22-12-10-16(11-13-22)15-6-4-3-5-7-15/h3-7,16-19,24H,8-13H2,1-2H3/t17-,18-,19+/m1/s1. The van der Waals surface area contributed by atoms with Gasteiger partial charge in [-0.05, 0) is 37.2 Å². The highest BCUT2D eigenvalue weighted by Gasteiger charge is 2.43. The van der Waals surface area contributed by atoms with Crippen molar-refractivity contribution in [1.82, 2.24) is 9.80 Å². The van der Waals surface area contributed by atoms with E-state index in [-0.39, 0.29) is 23.8 Å². The Morgan fingerprint density at radius 2 is 1.72 bits per heavy atom. The molecule has 136 valence electrons. The van der Waals surface area contributed by atoms with Gasteiger partial charge < -0.3 is 14.9 Å². The van der Waals surface area contributed by atoms with Crippen LogP contribution < -0.4 is 0 Å². The zero-order chi connectivity index (χ0) is 18.0. The minimum absolute atomic E-state index is 0.0541. The Hall–Kier alpha value is -1.88. The van der Waals surface area contributed by atoms with Crippen LogP contribution in [0.1, 0.15) is 44.1 Å². The minimum atomic E-state index is -0.756. The topological polar surface area (TPSA) is 60.9 Å². The van der Waals surface area contributed by atoms with Crippen molar-refractivity contribution in [1.29, 1.82) is 0 Å². The molecule has 0 spiro atoms. The summed E-state index contributed by atoms with van der Waals surface area (Å²) in [5, 5.41) is 10.6. The lowest BCUT2D eigenvalue weighted by molar-refractivity contribution is -0.142. The molecule has 0 bridgehead atoms. The second-order valence-corrected chi connectivity index (χ2v) is 7.38. The number of aliphatic hydroxyl groups excluding tert-OH is 1. The molecule has 3 atom stereocenters. The van der Waals surface area contributed by atoms with Crippen LogP contribution in [0, 0.1) is 5.92 Å². The minimum Gasteiger partial charge on any atom is -0.390 e. The van der Waals surface area contributed by atoms with Crippen molar-refractivity contribution < 1.29 is 14.7 Å². The van der Waals surface area contributed by atoms with E-state index >= 15 is 0 Å². The average molecular weight is 344 g/mol. The van der Waals surface area contributed by atoms with E-state index in [4.69, 9.17) is 0 Å². The van der Waals surface area contributed by atoms with E-state index in [1.807, 2.05) is 11.0 Å². The molecule has 1 saturated heterocycles. The van der Waals surface area contributed by atoms with E-state index in [2.05, 4.69) is 24.3 Å². The number of benzene rings is 1. The molecule has 0 unspecified atom stereocenters. The number of nitrogens with zero attached hydrogens (tertiary/aromatic N) is 2. The lowest BCUT2D eigenvalue weighted by atomic mass is 9.89. The molecule has 5 nitrogen and oxygen atoms in total. The average Bonchev–Trinajstić information content (AvgIpc) is 3.02. The molecule has 0 radical (unpaired) electrons. The summed E-state index contributed by atoms with van der Waals surface area (Å²) < 4.78 is 0. The van der Waals surface area contributed by atoms with Crippen LogP contribution in [-0.2, 0) is 9.59 Å². The van der Waals surface area contributed by atoms with E-state index in [0.717, 1.165) is 25.9 Å². The van der Waals surface area contributed by atoms with Crippen molar-refractivity contribution in [2.24, 2.45) is 5.92 Å². The first-order chi connectivity index (χ1) is 12.0. The molecule has 1 heterocycles. The molecule has 25 heavy (non-hydrogen) atoms. The fourth-order valence-electron chi connectivity index (χ4n) is 4.28. The van der Waals surface area contributed by atoms with Crippen LogP contribution in [0.25, 0.3) is 0 Å². The highest BCUT2D eigenvalue weighted by atomic mass is 16.3. The summed E-state index contributed by atoms with van der Waals surface area (Å²) >= 11 is 0. The van der Waals surface area contributed by atoms with Crippen LogP contribution in [0.15, 0.2) is 30.3 Å². The van der Waals surface area contributed by atoms with Gasteiger partial charge in [-0.15, -0.1) is 0 Å². The van der Waals surface area contributed by atoms with Gasteiger partial charge in [0.25, 0.3) is 0 Å². The Labute approximate surface area is 149 Å². The predicted octanol–water partition coefficient (Wildman–Crippen LogP) is 2.01. The highest BCUT2D eigenvalue weighted by Crippen LogP contribution is 2.33. The third-order valence-corrected chi connectivity index (χ3v) is 5.97. The van der Waals surface area contributed by atoms with Crippen molar-refractivity contribution in [3.05, 3.63) is 35.9 Å². The summed E-state index contributed by atoms with van der Waals surface area (Å²) in [4.78, 5) is 27.9. The van der Waals surface area contributed by atoms with Crippen molar-refractivity contribution in [3.63, 3.8) is 0 Å². The zero-order valence-electron chi connectivity index (χ0n) is 15.1. The summed E-state index contributed by atoms with van der Waals surface area (Å²) in [6.07, 6.45) is 2.52. The molecule has 1 aromatic carbocycles. The predicted molar refractivity (Wildman–Crippen MR) is 96.0 cm³/mol. The molecule has 1 aliphatic carbocycles. The number of rotatable bonds is 3. The van der Waals surface area contributed by atoms with Crippen LogP contribution in [0.2, 0.25) is 0 Å². The fourth-order valence-corrected chi connectivity index (χ4v) is 4.28. The zero-order valence-corrected chi connectivity index (χ0v) is 15.1. The first-order valence-corrected chi connectivity index (χ1v) is 9.24. The number of carbonyl (C=O) groups is 2. The van der Waals surface area contributed by atoms with Crippen molar-refractivity contribution >= 4 is 11.8 Å². The SMILES string of the molecule is CC(=O)N(C)[C@@H]1CC[C@@H](C(=O)N2CCC(c3ccccc3)CC2)[C@@H]1O. The Morgan fingerprint density at radius 1 is 1.08 bits per heavy atom. The van der Waals surface area contributed by atoms with Gasteiger partial charge in [0.05, 0.1) is 18.1 Å². The van der Waals surface area contributed by atoms with Crippen molar-refractivity contribution in [3.8, 4) is 0 Å². The quantitative estimate of drug-likeness (QED) is 0.912. The van der Waals surface area contributed by atoms with Gasteiger partial charge in [-0.3, -0.25) is 9.59 Å². The highest BCUT2D eigenvalue weighted by molar-refractivity contribution is 5.80. The number of piperidine rings is 1. The first kappa shape index (κ1) is 17.9. The molecule has 2 aliphatic rings. The molecule has 1 aromatic rings. The number of hydrogen-bond acceptors (Lipinski definition) is 3. The molecular weight excluding hydrogens is 316 g/mol. The summed E-state index contributed by atoms with van der Waals surface area (Å²) in [7, 11) is 1.70. The van der Waals surface area contributed by atoms with Gasteiger partial charge in [-0.2, -0.15) is 0 Å². The number of aliphatic hydroxyl groups is 1. The van der Waals surface area contributed by atoms with E-state index in [1.165, 1.54) is 12.5 Å². The maximum Gasteiger partial charge on any atom is 0.228 e. The van der Waals surface area contributed by atoms with E-state index in [0.29, 0.717) is 18.8 Å². The monoisotopic (exact) mass is 344 g/mol. The normalized spacial score (nSPS) is 27.3. The number of likely N-dealkylation sites (tertiary alicyclic amines) is 1. The van der Waals surface area contributed by atoms with E-state index < -0.39 is 6.10 Å². The van der Waals surface area contributed by atoms with Gasteiger partial charge in [0, 0.05) is 27.1 Å². The first-order valence-electron chi connectivity index (χ1n) is 9.24. The van der Waals surface area contributed by atoms with Gasteiger partial charge >= 0.3 is 0 Å². The molecule has 0 aromatic heterocycles. The third-order valence-electron chi connectivity index (χ3n) is 5.97. The van der Waals surface area contributed by atoms with Crippen molar-refractivity contribution in [2.75, 3.05) is 20.1 Å². The number of carbonyl (C=O) groups excluding carboxylic acids is 2. The lowest BCUT2D eigenvalue weighted by Gasteiger charge is -2.35.